The first kappa shape index (κ1) is 19.1. The van der Waals surface area contributed by atoms with Crippen molar-refractivity contribution in [1.29, 1.82) is 0 Å². The smallest absolute Gasteiger partial charge is 0.331 e. The van der Waals surface area contributed by atoms with Gasteiger partial charge < -0.3 is 5.32 Å². The van der Waals surface area contributed by atoms with Gasteiger partial charge >= 0.3 is 5.69 Å². The third-order valence-corrected chi connectivity index (χ3v) is 5.46. The molecule has 0 aliphatic heterocycles. The molecule has 1 amide bonds. The molecule has 1 N–H and O–H groups in total. The van der Waals surface area contributed by atoms with Crippen molar-refractivity contribution in [3.8, 4) is 0 Å². The number of rotatable bonds is 7. The minimum atomic E-state index is -0.444. The number of hydrogen-bond acceptors (Lipinski definition) is 4. The average molecular weight is 385 g/mol. The van der Waals surface area contributed by atoms with Crippen LogP contribution in [0.3, 0.4) is 0 Å². The Hall–Kier alpha value is -2.67. The Morgan fingerprint density at radius 1 is 1.15 bits per heavy atom. The van der Waals surface area contributed by atoms with Crippen LogP contribution < -0.4 is 16.6 Å². The van der Waals surface area contributed by atoms with Crippen LogP contribution in [0.2, 0.25) is 0 Å². The van der Waals surface area contributed by atoms with Crippen LogP contribution in [0.25, 0.3) is 10.2 Å². The third-order valence-electron chi connectivity index (χ3n) is 4.57. The Morgan fingerprint density at radius 2 is 1.89 bits per heavy atom. The molecule has 0 radical (unpaired) electrons. The maximum Gasteiger partial charge on any atom is 0.331 e. The highest BCUT2D eigenvalue weighted by atomic mass is 32.1. The number of aryl methyl sites for hydroxylation is 1. The zero-order valence-corrected chi connectivity index (χ0v) is 16.3. The van der Waals surface area contributed by atoms with Gasteiger partial charge in [0.1, 0.15) is 11.2 Å². The molecule has 1 aromatic carbocycles. The van der Waals surface area contributed by atoms with Crippen LogP contribution in [0.5, 0.6) is 0 Å². The van der Waals surface area contributed by atoms with Gasteiger partial charge in [-0.05, 0) is 43.7 Å². The molecule has 0 aliphatic carbocycles. The van der Waals surface area contributed by atoms with E-state index in [2.05, 4.69) is 17.4 Å². The summed E-state index contributed by atoms with van der Waals surface area (Å²) in [5.74, 6) is -0.230. The van der Waals surface area contributed by atoms with E-state index in [0.29, 0.717) is 10.2 Å². The van der Waals surface area contributed by atoms with Crippen molar-refractivity contribution in [3.63, 3.8) is 0 Å². The SMILES string of the molecule is CCn1c(=O)c2sccc2n(CC(=O)N[C@H](C)CCc2ccccc2)c1=O. The number of carbonyl (C=O) groups is 1. The van der Waals surface area contributed by atoms with Crippen LogP contribution in [0.1, 0.15) is 25.8 Å². The van der Waals surface area contributed by atoms with Crippen LogP contribution in [0, 0.1) is 0 Å². The van der Waals surface area contributed by atoms with Crippen molar-refractivity contribution in [1.82, 2.24) is 14.5 Å². The largest absolute Gasteiger partial charge is 0.352 e. The summed E-state index contributed by atoms with van der Waals surface area (Å²) in [6.45, 7) is 3.89. The number of carbonyl (C=O) groups excluding carboxylic acids is 1. The molecule has 2 aromatic heterocycles. The molecule has 0 saturated carbocycles. The molecule has 0 fully saturated rings. The van der Waals surface area contributed by atoms with Crippen molar-refractivity contribution < 1.29 is 4.79 Å². The van der Waals surface area contributed by atoms with Crippen molar-refractivity contribution >= 4 is 27.5 Å². The molecule has 0 unspecified atom stereocenters. The summed E-state index contributed by atoms with van der Waals surface area (Å²) in [7, 11) is 0. The van der Waals surface area contributed by atoms with Gasteiger partial charge in [-0.25, -0.2) is 4.79 Å². The van der Waals surface area contributed by atoms with Crippen molar-refractivity contribution in [2.24, 2.45) is 0 Å². The standard InChI is InChI=1S/C20H23N3O3S/c1-3-22-19(25)18-16(11-12-27-18)23(20(22)26)13-17(24)21-14(2)9-10-15-7-5-4-6-8-15/h4-8,11-12,14H,3,9-10,13H2,1-2H3,(H,21,24)/t14-/m1/s1. The lowest BCUT2D eigenvalue weighted by Gasteiger charge is -2.15. The van der Waals surface area contributed by atoms with E-state index < -0.39 is 5.69 Å². The third kappa shape index (κ3) is 4.19. The van der Waals surface area contributed by atoms with E-state index >= 15 is 0 Å². The average Bonchev–Trinajstić information content (AvgIpc) is 3.15. The van der Waals surface area contributed by atoms with E-state index in [1.807, 2.05) is 25.1 Å². The van der Waals surface area contributed by atoms with Crippen molar-refractivity contribution in [2.75, 3.05) is 0 Å². The van der Waals surface area contributed by atoms with Gasteiger partial charge in [-0.2, -0.15) is 0 Å². The van der Waals surface area contributed by atoms with Gasteiger partial charge in [-0.1, -0.05) is 30.3 Å². The van der Waals surface area contributed by atoms with Gasteiger partial charge in [0.15, 0.2) is 0 Å². The van der Waals surface area contributed by atoms with Gasteiger partial charge in [0.25, 0.3) is 5.56 Å². The Balaban J connectivity index is 1.72. The maximum atomic E-state index is 12.6. The lowest BCUT2D eigenvalue weighted by Crippen LogP contribution is -2.43. The summed E-state index contributed by atoms with van der Waals surface area (Å²) in [5, 5.41) is 4.72. The van der Waals surface area contributed by atoms with Crippen LogP contribution in [-0.4, -0.2) is 21.1 Å². The second-order valence-electron chi connectivity index (χ2n) is 6.55. The molecule has 27 heavy (non-hydrogen) atoms. The number of nitrogens with zero attached hydrogens (tertiary/aromatic N) is 2. The molecule has 6 nitrogen and oxygen atoms in total. The zero-order chi connectivity index (χ0) is 19.4. The van der Waals surface area contributed by atoms with Crippen LogP contribution in [-0.2, 0) is 24.3 Å². The second-order valence-corrected chi connectivity index (χ2v) is 7.46. The van der Waals surface area contributed by atoms with Gasteiger partial charge in [-0.3, -0.25) is 18.7 Å². The topological polar surface area (TPSA) is 73.1 Å². The summed E-state index contributed by atoms with van der Waals surface area (Å²) in [4.78, 5) is 37.4. The molecule has 3 aromatic rings. The number of fused-ring (bicyclic) bond motifs is 1. The summed E-state index contributed by atoms with van der Waals surface area (Å²) in [5.41, 5.74) is 1.01. The quantitative estimate of drug-likeness (QED) is 0.679. The molecule has 0 bridgehead atoms. The first-order valence-electron chi connectivity index (χ1n) is 9.05. The van der Waals surface area contributed by atoms with E-state index in [4.69, 9.17) is 0 Å². The summed E-state index contributed by atoms with van der Waals surface area (Å²) in [6.07, 6.45) is 1.69. The normalized spacial score (nSPS) is 12.2. The van der Waals surface area contributed by atoms with Crippen LogP contribution >= 0.6 is 11.3 Å². The van der Waals surface area contributed by atoms with Crippen LogP contribution in [0.4, 0.5) is 0 Å². The first-order chi connectivity index (χ1) is 13.0. The molecule has 3 rings (SSSR count). The molecule has 2 heterocycles. The number of hydrogen-bond donors (Lipinski definition) is 1. The Labute approximate surface area is 161 Å². The van der Waals surface area contributed by atoms with Gasteiger partial charge in [0.05, 0.1) is 5.52 Å². The minimum absolute atomic E-state index is 0.0107. The summed E-state index contributed by atoms with van der Waals surface area (Å²) >= 11 is 1.29. The van der Waals surface area contributed by atoms with E-state index in [1.54, 1.807) is 18.4 Å². The van der Waals surface area contributed by atoms with E-state index in [0.717, 1.165) is 12.8 Å². The number of benzene rings is 1. The Bertz CT molecular complexity index is 1050. The summed E-state index contributed by atoms with van der Waals surface area (Å²) < 4.78 is 3.06. The monoisotopic (exact) mass is 385 g/mol. The predicted octanol–water partition coefficient (Wildman–Crippen LogP) is 2.38. The molecule has 7 heteroatoms. The predicted molar refractivity (Wildman–Crippen MR) is 108 cm³/mol. The van der Waals surface area contributed by atoms with Crippen molar-refractivity contribution in [2.45, 2.75) is 45.8 Å². The lowest BCUT2D eigenvalue weighted by atomic mass is 10.1. The molecule has 0 spiro atoms. The fraction of sp³-hybridized carbons (Fsp3) is 0.350. The molecule has 1 atom stereocenters. The van der Waals surface area contributed by atoms with Crippen molar-refractivity contribution in [3.05, 3.63) is 68.2 Å². The van der Waals surface area contributed by atoms with E-state index in [-0.39, 0.29) is 30.6 Å². The summed E-state index contributed by atoms with van der Waals surface area (Å²) in [6, 6.07) is 11.8. The first-order valence-corrected chi connectivity index (χ1v) is 9.93. The number of thiophene rings is 1. The molecule has 142 valence electrons. The second kappa shape index (κ2) is 8.35. The highest BCUT2D eigenvalue weighted by molar-refractivity contribution is 7.17. The number of nitrogens with one attached hydrogen (secondary N) is 1. The number of amides is 1. The van der Waals surface area contributed by atoms with Gasteiger partial charge in [0.2, 0.25) is 5.91 Å². The van der Waals surface area contributed by atoms with Gasteiger partial charge in [0, 0.05) is 12.6 Å². The zero-order valence-electron chi connectivity index (χ0n) is 15.5. The maximum absolute atomic E-state index is 12.6. The molecule has 0 aliphatic rings. The van der Waals surface area contributed by atoms with E-state index in [9.17, 15) is 14.4 Å². The van der Waals surface area contributed by atoms with E-state index in [1.165, 1.54) is 26.0 Å². The van der Waals surface area contributed by atoms with Crippen LogP contribution in [0.15, 0.2) is 51.4 Å². The molecular weight excluding hydrogens is 362 g/mol. The fourth-order valence-corrected chi connectivity index (χ4v) is 3.97. The highest BCUT2D eigenvalue weighted by Gasteiger charge is 2.16. The van der Waals surface area contributed by atoms with Gasteiger partial charge in [-0.15, -0.1) is 11.3 Å². The molecule has 0 saturated heterocycles. The Morgan fingerprint density at radius 3 is 2.59 bits per heavy atom. The Kier molecular flexibility index (Phi) is 5.91. The fourth-order valence-electron chi connectivity index (χ4n) is 3.13. The molecular formula is C20H23N3O3S. The highest BCUT2D eigenvalue weighted by Crippen LogP contribution is 2.15. The number of aromatic nitrogens is 2. The minimum Gasteiger partial charge on any atom is -0.352 e. The lowest BCUT2D eigenvalue weighted by molar-refractivity contribution is -0.122.